The van der Waals surface area contributed by atoms with Crippen molar-refractivity contribution in [2.45, 2.75) is 0 Å². The van der Waals surface area contributed by atoms with Crippen molar-refractivity contribution in [3.63, 3.8) is 0 Å². The van der Waals surface area contributed by atoms with Crippen LogP contribution < -0.4 is 4.90 Å². The topological polar surface area (TPSA) is 72.4 Å². The maximum Gasteiger partial charge on any atom is 0.200 e. The Balaban J connectivity index is 1.83. The normalized spacial score (nSPS) is 11.0. The van der Waals surface area contributed by atoms with Crippen LogP contribution in [-0.4, -0.2) is 31.6 Å². The lowest BCUT2D eigenvalue weighted by atomic mass is 10.3. The van der Waals surface area contributed by atoms with Crippen LogP contribution in [-0.2, 0) is 0 Å². The number of hydrogen-bond donors (Lipinski definition) is 0. The van der Waals surface area contributed by atoms with Gasteiger partial charge in [0.2, 0.25) is 5.88 Å². The van der Waals surface area contributed by atoms with Gasteiger partial charge >= 0.3 is 0 Å². The van der Waals surface area contributed by atoms with E-state index in [0.29, 0.717) is 0 Å². The van der Waals surface area contributed by atoms with Crippen molar-refractivity contribution in [1.29, 1.82) is 0 Å². The summed E-state index contributed by atoms with van der Waals surface area (Å²) in [5.74, 6) is 1.47. The molecule has 0 saturated heterocycles. The predicted octanol–water partition coefficient (Wildman–Crippen LogP) is 2.55. The Bertz CT molecular complexity index is 900. The van der Waals surface area contributed by atoms with Gasteiger partial charge in [-0.25, -0.2) is 19.5 Å². The third-order valence-electron chi connectivity index (χ3n) is 3.38. The van der Waals surface area contributed by atoms with Crippen molar-refractivity contribution in [3.8, 4) is 11.3 Å². The Hall–Kier alpha value is -3.22. The molecule has 0 aromatic carbocycles. The van der Waals surface area contributed by atoms with Crippen molar-refractivity contribution in [2.24, 2.45) is 0 Å². The quantitative estimate of drug-likeness (QED) is 0.578. The lowest BCUT2D eigenvalue weighted by molar-refractivity contribution is 0.568. The molecule has 0 spiro atoms. The molecule has 7 nitrogen and oxygen atoms in total. The van der Waals surface area contributed by atoms with E-state index in [2.05, 4.69) is 20.1 Å². The third-order valence-corrected chi connectivity index (χ3v) is 3.38. The number of hydrogen-bond acceptors (Lipinski definition) is 6. The summed E-state index contributed by atoms with van der Waals surface area (Å²) in [7, 11) is 1.90. The van der Waals surface area contributed by atoms with Crippen molar-refractivity contribution >= 4 is 17.3 Å². The summed E-state index contributed by atoms with van der Waals surface area (Å²) >= 11 is 0. The molecule has 7 heteroatoms. The Morgan fingerprint density at radius 1 is 1.09 bits per heavy atom. The van der Waals surface area contributed by atoms with E-state index in [0.717, 1.165) is 28.6 Å². The summed E-state index contributed by atoms with van der Waals surface area (Å²) in [6.45, 7) is 0. The number of rotatable bonds is 3. The Morgan fingerprint density at radius 3 is 2.73 bits per heavy atom. The summed E-state index contributed by atoms with van der Waals surface area (Å²) in [5.41, 5.74) is 2.46. The summed E-state index contributed by atoms with van der Waals surface area (Å²) in [6, 6.07) is 7.53. The second-order valence-electron chi connectivity index (χ2n) is 4.74. The van der Waals surface area contributed by atoms with E-state index in [4.69, 9.17) is 4.42 Å². The second kappa shape index (κ2) is 4.96. The fourth-order valence-electron chi connectivity index (χ4n) is 2.24. The molecule has 0 aliphatic heterocycles. The first-order valence-corrected chi connectivity index (χ1v) is 6.70. The molecule has 0 saturated carbocycles. The van der Waals surface area contributed by atoms with Crippen LogP contribution in [0.1, 0.15) is 0 Å². The molecule has 4 aromatic rings. The molecule has 4 aromatic heterocycles. The van der Waals surface area contributed by atoms with Gasteiger partial charge in [-0.3, -0.25) is 4.90 Å². The summed E-state index contributed by atoms with van der Waals surface area (Å²) in [4.78, 5) is 14.3. The molecular formula is C15H12N6O. The van der Waals surface area contributed by atoms with Crippen LogP contribution in [0.15, 0.2) is 59.9 Å². The molecule has 0 unspecified atom stereocenters. The number of anilines is 2. The molecule has 0 aliphatic carbocycles. The zero-order valence-corrected chi connectivity index (χ0v) is 11.8. The van der Waals surface area contributed by atoms with Crippen LogP contribution in [0.2, 0.25) is 0 Å². The molecule has 0 amide bonds. The first kappa shape index (κ1) is 12.5. The lowest BCUT2D eigenvalue weighted by Gasteiger charge is -2.14. The average molecular weight is 292 g/mol. The Kier molecular flexibility index (Phi) is 2.82. The van der Waals surface area contributed by atoms with E-state index < -0.39 is 0 Å². The molecule has 0 aliphatic rings. The molecule has 0 N–H and O–H groups in total. The second-order valence-corrected chi connectivity index (χ2v) is 4.74. The van der Waals surface area contributed by atoms with Crippen LogP contribution in [0.5, 0.6) is 0 Å². The van der Waals surface area contributed by atoms with E-state index in [1.807, 2.05) is 36.2 Å². The highest BCUT2D eigenvalue weighted by Gasteiger charge is 2.12. The predicted molar refractivity (Wildman–Crippen MR) is 80.8 cm³/mol. The average Bonchev–Trinajstić information content (AvgIpc) is 3.24. The van der Waals surface area contributed by atoms with E-state index >= 15 is 0 Å². The Labute approximate surface area is 125 Å². The minimum atomic E-state index is 0.719. The van der Waals surface area contributed by atoms with Gasteiger partial charge in [-0.1, -0.05) is 0 Å². The number of furan rings is 1. The van der Waals surface area contributed by atoms with Crippen LogP contribution >= 0.6 is 0 Å². The molecule has 0 bridgehead atoms. The largest absolute Gasteiger partial charge is 0.448 e. The van der Waals surface area contributed by atoms with Gasteiger partial charge in [0.05, 0.1) is 18.2 Å². The highest BCUT2D eigenvalue weighted by Crippen LogP contribution is 2.24. The summed E-state index contributed by atoms with van der Waals surface area (Å²) in [5, 5.41) is 4.63. The SMILES string of the molecule is CN(c1ccc2ncc(-c3cncnc3)n2n1)c1ccco1. The Morgan fingerprint density at radius 2 is 1.95 bits per heavy atom. The number of nitrogens with zero attached hydrogens (tertiary/aromatic N) is 6. The monoisotopic (exact) mass is 292 g/mol. The van der Waals surface area contributed by atoms with Crippen LogP contribution in [0, 0.1) is 0 Å². The standard InChI is InChI=1S/C15H12N6O/c1-20(15-3-2-6-22-15)14-5-4-13-18-9-12(21(13)19-14)11-7-16-10-17-8-11/h2-10H,1H3. The maximum atomic E-state index is 5.40. The zero-order valence-electron chi connectivity index (χ0n) is 11.8. The number of aromatic nitrogens is 5. The lowest BCUT2D eigenvalue weighted by Crippen LogP contribution is -2.12. The van der Waals surface area contributed by atoms with Crippen molar-refractivity contribution in [3.05, 3.63) is 55.4 Å². The highest BCUT2D eigenvalue weighted by atomic mass is 16.3. The van der Waals surface area contributed by atoms with Crippen molar-refractivity contribution in [1.82, 2.24) is 24.6 Å². The third kappa shape index (κ3) is 1.99. The van der Waals surface area contributed by atoms with Gasteiger partial charge in [0.25, 0.3) is 0 Å². The molecule has 0 radical (unpaired) electrons. The highest BCUT2D eigenvalue weighted by molar-refractivity contribution is 5.63. The van der Waals surface area contributed by atoms with Crippen molar-refractivity contribution in [2.75, 3.05) is 11.9 Å². The molecule has 4 rings (SSSR count). The van der Waals surface area contributed by atoms with Crippen LogP contribution in [0.25, 0.3) is 16.9 Å². The van der Waals surface area contributed by atoms with E-state index in [9.17, 15) is 0 Å². The van der Waals surface area contributed by atoms with Gasteiger partial charge in [-0.05, 0) is 18.2 Å². The van der Waals surface area contributed by atoms with Crippen molar-refractivity contribution < 1.29 is 4.42 Å². The molecule has 4 heterocycles. The van der Waals surface area contributed by atoms with Gasteiger partial charge in [-0.2, -0.15) is 0 Å². The van der Waals surface area contributed by atoms with Gasteiger partial charge in [0.15, 0.2) is 11.5 Å². The van der Waals surface area contributed by atoms with Gasteiger partial charge < -0.3 is 4.42 Å². The molecule has 108 valence electrons. The van der Waals surface area contributed by atoms with E-state index in [1.54, 1.807) is 29.4 Å². The number of fused-ring (bicyclic) bond motifs is 1. The minimum Gasteiger partial charge on any atom is -0.448 e. The summed E-state index contributed by atoms with van der Waals surface area (Å²) < 4.78 is 7.17. The fourth-order valence-corrected chi connectivity index (χ4v) is 2.24. The molecule has 0 fully saturated rings. The van der Waals surface area contributed by atoms with Crippen LogP contribution in [0.4, 0.5) is 11.7 Å². The van der Waals surface area contributed by atoms with E-state index in [-0.39, 0.29) is 0 Å². The van der Waals surface area contributed by atoms with Gasteiger partial charge in [0.1, 0.15) is 6.33 Å². The molecule has 0 atom stereocenters. The summed E-state index contributed by atoms with van der Waals surface area (Å²) in [6.07, 6.45) is 8.37. The smallest absolute Gasteiger partial charge is 0.200 e. The zero-order chi connectivity index (χ0) is 14.9. The maximum absolute atomic E-state index is 5.40. The first-order chi connectivity index (χ1) is 10.8. The molecular weight excluding hydrogens is 280 g/mol. The van der Waals surface area contributed by atoms with Gasteiger partial charge in [0, 0.05) is 31.1 Å². The number of imidazole rings is 1. The van der Waals surface area contributed by atoms with E-state index in [1.165, 1.54) is 6.33 Å². The van der Waals surface area contributed by atoms with Gasteiger partial charge in [-0.15, -0.1) is 5.10 Å². The minimum absolute atomic E-state index is 0.719. The fraction of sp³-hybridized carbons (Fsp3) is 0.0667. The molecule has 22 heavy (non-hydrogen) atoms. The van der Waals surface area contributed by atoms with Crippen LogP contribution in [0.3, 0.4) is 0 Å². The first-order valence-electron chi connectivity index (χ1n) is 6.70.